The Kier molecular flexibility index (Phi) is 3.46. The molecule has 0 saturated heterocycles. The van der Waals surface area contributed by atoms with Gasteiger partial charge < -0.3 is 4.74 Å². The molecule has 0 aliphatic rings. The predicted octanol–water partition coefficient (Wildman–Crippen LogP) is 1.30. The van der Waals surface area contributed by atoms with E-state index in [1.165, 1.54) is 13.4 Å². The zero-order chi connectivity index (χ0) is 14.7. The molecule has 0 atom stereocenters. The van der Waals surface area contributed by atoms with Gasteiger partial charge in [-0.25, -0.2) is 19.1 Å². The molecule has 1 aromatic carbocycles. The minimum atomic E-state index is -0.552. The van der Waals surface area contributed by atoms with Crippen LogP contribution in [0.4, 0.5) is 0 Å². The highest BCUT2D eigenvalue weighted by Crippen LogP contribution is 2.07. The number of para-hydroxylation sites is 1. The van der Waals surface area contributed by atoms with Gasteiger partial charge in [0.2, 0.25) is 0 Å². The molecule has 7 heteroatoms. The first-order chi connectivity index (χ1) is 10.3. The van der Waals surface area contributed by atoms with Crippen molar-refractivity contribution in [3.05, 3.63) is 60.4 Å². The van der Waals surface area contributed by atoms with Gasteiger partial charge in [-0.2, -0.15) is 5.10 Å². The topological polar surface area (TPSA) is 74.8 Å². The van der Waals surface area contributed by atoms with Crippen molar-refractivity contribution in [3.63, 3.8) is 0 Å². The lowest BCUT2D eigenvalue weighted by molar-refractivity contribution is 0.0586. The lowest BCUT2D eigenvalue weighted by Crippen LogP contribution is -2.07. The van der Waals surface area contributed by atoms with Crippen LogP contribution in [0.1, 0.15) is 16.3 Å². The number of hydrogen-bond acceptors (Lipinski definition) is 5. The fraction of sp³-hybridized carbons (Fsp3) is 0.143. The summed E-state index contributed by atoms with van der Waals surface area (Å²) in [6, 6.07) is 11.7. The smallest absolute Gasteiger partial charge is 0.377 e. The van der Waals surface area contributed by atoms with E-state index >= 15 is 0 Å². The summed E-state index contributed by atoms with van der Waals surface area (Å²) in [7, 11) is 1.30. The van der Waals surface area contributed by atoms with Crippen molar-refractivity contribution in [2.45, 2.75) is 6.54 Å². The molecule has 0 aliphatic heterocycles. The fourth-order valence-corrected chi connectivity index (χ4v) is 1.89. The standard InChI is InChI=1S/C14H13N5O2/c1-21-14(20)13-15-10-18(17-13)9-11-7-8-19(16-11)12-5-3-2-4-6-12/h2-8,10H,9H2,1H3. The first kappa shape index (κ1) is 13.0. The Morgan fingerprint density at radius 3 is 2.76 bits per heavy atom. The molecule has 0 unspecified atom stereocenters. The fourth-order valence-electron chi connectivity index (χ4n) is 1.89. The van der Waals surface area contributed by atoms with Gasteiger partial charge in [0.25, 0.3) is 5.82 Å². The van der Waals surface area contributed by atoms with Crippen LogP contribution in [0.5, 0.6) is 0 Å². The summed E-state index contributed by atoms with van der Waals surface area (Å²) >= 11 is 0. The summed E-state index contributed by atoms with van der Waals surface area (Å²) in [5.74, 6) is -0.511. The highest BCUT2D eigenvalue weighted by molar-refractivity contribution is 5.84. The summed E-state index contributed by atoms with van der Waals surface area (Å²) in [4.78, 5) is 15.2. The molecule has 3 aromatic rings. The Morgan fingerprint density at radius 1 is 1.19 bits per heavy atom. The van der Waals surface area contributed by atoms with Crippen molar-refractivity contribution in [2.75, 3.05) is 7.11 Å². The molecule has 0 spiro atoms. The van der Waals surface area contributed by atoms with Gasteiger partial charge >= 0.3 is 5.97 Å². The Balaban J connectivity index is 1.76. The quantitative estimate of drug-likeness (QED) is 0.675. The lowest BCUT2D eigenvalue weighted by atomic mass is 10.3. The molecule has 0 saturated carbocycles. The van der Waals surface area contributed by atoms with E-state index in [9.17, 15) is 4.79 Å². The first-order valence-corrected chi connectivity index (χ1v) is 6.34. The lowest BCUT2D eigenvalue weighted by Gasteiger charge is -2.00. The van der Waals surface area contributed by atoms with E-state index in [-0.39, 0.29) is 5.82 Å². The molecular weight excluding hydrogens is 270 g/mol. The van der Waals surface area contributed by atoms with Gasteiger partial charge in [0.1, 0.15) is 6.33 Å². The summed E-state index contributed by atoms with van der Waals surface area (Å²) in [5.41, 5.74) is 1.80. The number of rotatable bonds is 4. The molecule has 2 heterocycles. The molecule has 7 nitrogen and oxygen atoms in total. The molecule has 0 aliphatic carbocycles. The van der Waals surface area contributed by atoms with E-state index in [0.29, 0.717) is 6.54 Å². The summed E-state index contributed by atoms with van der Waals surface area (Å²) in [6.07, 6.45) is 3.36. The maximum atomic E-state index is 11.3. The van der Waals surface area contributed by atoms with E-state index in [1.54, 1.807) is 9.36 Å². The number of benzene rings is 1. The van der Waals surface area contributed by atoms with Gasteiger partial charge in [-0.05, 0) is 18.2 Å². The van der Waals surface area contributed by atoms with Crippen LogP contribution >= 0.6 is 0 Å². The number of nitrogens with zero attached hydrogens (tertiary/aromatic N) is 5. The summed E-state index contributed by atoms with van der Waals surface area (Å²) in [6.45, 7) is 0.434. The van der Waals surface area contributed by atoms with Crippen molar-refractivity contribution in [2.24, 2.45) is 0 Å². The van der Waals surface area contributed by atoms with Gasteiger partial charge in [0, 0.05) is 6.20 Å². The molecule has 0 fully saturated rings. The van der Waals surface area contributed by atoms with Gasteiger partial charge in [-0.1, -0.05) is 18.2 Å². The van der Waals surface area contributed by atoms with Crippen LogP contribution in [0.25, 0.3) is 5.69 Å². The largest absolute Gasteiger partial charge is 0.463 e. The van der Waals surface area contributed by atoms with Crippen molar-refractivity contribution in [1.29, 1.82) is 0 Å². The SMILES string of the molecule is COC(=O)c1ncn(Cc2ccn(-c3ccccc3)n2)n1. The predicted molar refractivity (Wildman–Crippen MR) is 74.0 cm³/mol. The maximum Gasteiger partial charge on any atom is 0.377 e. The summed E-state index contributed by atoms with van der Waals surface area (Å²) in [5, 5.41) is 8.50. The van der Waals surface area contributed by atoms with Crippen molar-refractivity contribution in [1.82, 2.24) is 24.5 Å². The minimum absolute atomic E-state index is 0.0417. The van der Waals surface area contributed by atoms with Crippen LogP contribution in [0, 0.1) is 0 Å². The van der Waals surface area contributed by atoms with Gasteiger partial charge in [-0.15, -0.1) is 5.10 Å². The number of methoxy groups -OCH3 is 1. The van der Waals surface area contributed by atoms with Crippen LogP contribution < -0.4 is 0 Å². The second-order valence-electron chi connectivity index (χ2n) is 4.34. The third kappa shape index (κ3) is 2.81. The number of carbonyl (C=O) groups is 1. The minimum Gasteiger partial charge on any atom is -0.463 e. The molecule has 0 amide bonds. The van der Waals surface area contributed by atoms with Crippen molar-refractivity contribution < 1.29 is 9.53 Å². The van der Waals surface area contributed by atoms with E-state index < -0.39 is 5.97 Å². The maximum absolute atomic E-state index is 11.3. The van der Waals surface area contributed by atoms with E-state index in [2.05, 4.69) is 19.9 Å². The number of carbonyl (C=O) groups excluding carboxylic acids is 1. The van der Waals surface area contributed by atoms with Crippen LogP contribution in [0.3, 0.4) is 0 Å². The Bertz CT molecular complexity index is 748. The van der Waals surface area contributed by atoms with E-state index in [4.69, 9.17) is 0 Å². The van der Waals surface area contributed by atoms with Crippen LogP contribution in [0.2, 0.25) is 0 Å². The number of hydrogen-bond donors (Lipinski definition) is 0. The number of ether oxygens (including phenoxy) is 1. The second-order valence-corrected chi connectivity index (χ2v) is 4.34. The van der Waals surface area contributed by atoms with E-state index in [0.717, 1.165) is 11.4 Å². The molecule has 0 radical (unpaired) electrons. The van der Waals surface area contributed by atoms with Gasteiger partial charge in [0.05, 0.1) is 25.0 Å². The van der Waals surface area contributed by atoms with Crippen molar-refractivity contribution in [3.8, 4) is 5.69 Å². The molecule has 0 bridgehead atoms. The average Bonchev–Trinajstić information content (AvgIpc) is 3.17. The summed E-state index contributed by atoms with van der Waals surface area (Å²) < 4.78 is 7.90. The number of aromatic nitrogens is 5. The highest BCUT2D eigenvalue weighted by atomic mass is 16.5. The average molecular weight is 283 g/mol. The van der Waals surface area contributed by atoms with Crippen molar-refractivity contribution >= 4 is 5.97 Å². The molecule has 106 valence electrons. The van der Waals surface area contributed by atoms with Crippen LogP contribution in [-0.4, -0.2) is 37.6 Å². The zero-order valence-electron chi connectivity index (χ0n) is 11.4. The first-order valence-electron chi connectivity index (χ1n) is 6.34. The third-order valence-electron chi connectivity index (χ3n) is 2.89. The molecule has 2 aromatic heterocycles. The van der Waals surface area contributed by atoms with Crippen LogP contribution in [0.15, 0.2) is 48.9 Å². The Labute approximate surface area is 120 Å². The molecular formula is C14H13N5O2. The van der Waals surface area contributed by atoms with E-state index in [1.807, 2.05) is 42.6 Å². The highest BCUT2D eigenvalue weighted by Gasteiger charge is 2.11. The second kappa shape index (κ2) is 5.58. The third-order valence-corrected chi connectivity index (χ3v) is 2.89. The van der Waals surface area contributed by atoms with Gasteiger partial charge in [0.15, 0.2) is 0 Å². The monoisotopic (exact) mass is 283 g/mol. The van der Waals surface area contributed by atoms with Crippen LogP contribution in [-0.2, 0) is 11.3 Å². The zero-order valence-corrected chi connectivity index (χ0v) is 11.4. The number of esters is 1. The van der Waals surface area contributed by atoms with Gasteiger partial charge in [-0.3, -0.25) is 0 Å². The Morgan fingerprint density at radius 2 is 2.00 bits per heavy atom. The molecule has 21 heavy (non-hydrogen) atoms. The molecule has 3 rings (SSSR count). The molecule has 0 N–H and O–H groups in total. The normalized spacial score (nSPS) is 10.5. The Hall–Kier alpha value is -2.96.